The van der Waals surface area contributed by atoms with Crippen molar-refractivity contribution in [1.82, 2.24) is 0 Å². The van der Waals surface area contributed by atoms with Gasteiger partial charge in [0.05, 0.1) is 0 Å². The molecule has 3 rings (SSSR count). The molecule has 19 heavy (non-hydrogen) atoms. The Kier molecular flexibility index (Phi) is 3.72. The van der Waals surface area contributed by atoms with Crippen LogP contribution in [0.4, 0.5) is 0 Å². The molecule has 0 saturated heterocycles. The summed E-state index contributed by atoms with van der Waals surface area (Å²) < 4.78 is 0. The van der Waals surface area contributed by atoms with Crippen molar-refractivity contribution in [3.05, 3.63) is 91.0 Å². The van der Waals surface area contributed by atoms with Gasteiger partial charge in [0.25, 0.3) is 0 Å². The molecule has 0 bridgehead atoms. The predicted molar refractivity (Wildman–Crippen MR) is 85.1 cm³/mol. The van der Waals surface area contributed by atoms with E-state index in [-0.39, 0.29) is 0 Å². The van der Waals surface area contributed by atoms with Crippen LogP contribution in [0, 0.1) is 0 Å². The Balaban J connectivity index is 2.12. The van der Waals surface area contributed by atoms with Crippen LogP contribution in [0.25, 0.3) is 0 Å². The van der Waals surface area contributed by atoms with Gasteiger partial charge in [0.2, 0.25) is 0 Å². The van der Waals surface area contributed by atoms with Crippen LogP contribution >= 0.6 is 7.92 Å². The van der Waals surface area contributed by atoms with Crippen molar-refractivity contribution in [2.24, 2.45) is 0 Å². The summed E-state index contributed by atoms with van der Waals surface area (Å²) in [5, 5.41) is 4.19. The van der Waals surface area contributed by atoms with Gasteiger partial charge in [-0.2, -0.15) is 0 Å². The lowest BCUT2D eigenvalue weighted by Crippen LogP contribution is -2.20. The van der Waals surface area contributed by atoms with Crippen LogP contribution in [-0.2, 0) is 0 Å². The lowest BCUT2D eigenvalue weighted by Gasteiger charge is -2.18. The Bertz CT molecular complexity index is 524. The second kappa shape index (κ2) is 5.82. The highest BCUT2D eigenvalue weighted by Gasteiger charge is 2.14. The summed E-state index contributed by atoms with van der Waals surface area (Å²) in [5.41, 5.74) is 0. The Morgan fingerprint density at radius 2 is 0.632 bits per heavy atom. The standard InChI is InChI=1S/C18H15P/c1-4-10-16(11-5-1)19(17-12-6-2-7-13-17)18-14-8-3-9-15-18/h1-15H/i19-20. The van der Waals surface area contributed by atoms with E-state index in [2.05, 4.69) is 91.0 Å². The molecule has 3 aromatic rings. The molecular formula is C18H15P. The molecule has 0 N–H and O–H groups in total. The van der Waals surface area contributed by atoms with Crippen molar-refractivity contribution >= 4 is 23.8 Å². The molecule has 0 fully saturated rings. The molecule has 0 aliphatic heterocycles. The number of hydrogen-bond acceptors (Lipinski definition) is 0. The number of benzene rings is 3. The summed E-state index contributed by atoms with van der Waals surface area (Å²) in [6, 6.07) is 32.3. The second-order valence-electron chi connectivity index (χ2n) is 4.34. The van der Waals surface area contributed by atoms with Gasteiger partial charge in [0.15, 0.2) is 0 Å². The van der Waals surface area contributed by atoms with Crippen molar-refractivity contribution in [2.45, 2.75) is 0 Å². The third-order valence-electron chi connectivity index (χ3n) is 3.04. The van der Waals surface area contributed by atoms with Gasteiger partial charge in [-0.15, -0.1) is 0 Å². The highest BCUT2D eigenvalue weighted by molar-refractivity contribution is 7.79. The van der Waals surface area contributed by atoms with Crippen molar-refractivity contribution in [2.75, 3.05) is 0 Å². The van der Waals surface area contributed by atoms with Crippen molar-refractivity contribution in [3.63, 3.8) is 0 Å². The van der Waals surface area contributed by atoms with Gasteiger partial charge in [-0.25, -0.2) is 0 Å². The van der Waals surface area contributed by atoms with E-state index in [0.717, 1.165) is 0 Å². The monoisotopic (exact) mass is 242 g/mol. The third kappa shape index (κ3) is 2.75. The fourth-order valence-corrected chi connectivity index (χ4v) is 4.48. The molecule has 0 aromatic heterocycles. The molecule has 3 aromatic carbocycles. The summed E-state index contributed by atoms with van der Waals surface area (Å²) in [7, 11) is -0.446. The van der Waals surface area contributed by atoms with Crippen molar-refractivity contribution in [3.8, 4) is 0 Å². The van der Waals surface area contributed by atoms with Gasteiger partial charge in [-0.1, -0.05) is 91.0 Å². The minimum absolute atomic E-state index is 0.446. The molecule has 0 amide bonds. The fourth-order valence-electron chi connectivity index (χ4n) is 2.18. The normalized spacial score (nSPS) is 10.6. The highest BCUT2D eigenvalue weighted by Crippen LogP contribution is 2.32. The van der Waals surface area contributed by atoms with Crippen LogP contribution < -0.4 is 15.9 Å². The summed E-state index contributed by atoms with van der Waals surface area (Å²) in [5.74, 6) is 0. The number of hydrogen-bond donors (Lipinski definition) is 0. The highest BCUT2D eigenvalue weighted by atomic mass is 14.0. The minimum atomic E-state index is -0.446. The van der Waals surface area contributed by atoms with E-state index in [1.807, 2.05) is 0 Å². The molecule has 0 aliphatic rings. The van der Waals surface area contributed by atoms with Gasteiger partial charge < -0.3 is 0 Å². The van der Waals surface area contributed by atoms with Gasteiger partial charge in [0.1, 0.15) is 0 Å². The summed E-state index contributed by atoms with van der Waals surface area (Å²) in [6.45, 7) is 0. The Morgan fingerprint density at radius 3 is 0.895 bits per heavy atom. The van der Waals surface area contributed by atoms with Crippen LogP contribution in [0.2, 0.25) is 0 Å². The maximum atomic E-state index is 2.23. The van der Waals surface area contributed by atoms with Gasteiger partial charge >= 0.3 is 0 Å². The number of rotatable bonds is 3. The SMILES string of the molecule is c1ccc([11P](c2ccccc2)c2ccccc2)cc1. The first-order chi connectivity index (χ1) is 9.45. The van der Waals surface area contributed by atoms with E-state index in [1.54, 1.807) is 0 Å². The van der Waals surface area contributed by atoms with Crippen LogP contribution in [0.3, 0.4) is 0 Å². The van der Waals surface area contributed by atoms with E-state index < -0.39 is 7.92 Å². The van der Waals surface area contributed by atoms with Crippen LogP contribution in [0.5, 0.6) is 0 Å². The third-order valence-corrected chi connectivity index (χ3v) is 5.49. The lowest BCUT2D eigenvalue weighted by atomic mass is 9.46. The Morgan fingerprint density at radius 1 is 0.368 bits per heavy atom. The molecule has 0 nitrogen and oxygen atoms in total. The zero-order valence-electron chi connectivity index (χ0n) is 10.6. The van der Waals surface area contributed by atoms with E-state index in [1.165, 1.54) is 15.9 Å². The van der Waals surface area contributed by atoms with E-state index in [4.69, 9.17) is 0 Å². The smallest absolute Gasteiger partial charge is 0.0134 e. The van der Waals surface area contributed by atoms with Crippen molar-refractivity contribution < 1.29 is 0 Å². The maximum Gasteiger partial charge on any atom is -0.0134 e. The van der Waals surface area contributed by atoms with Crippen molar-refractivity contribution in [1.29, 1.82) is 0 Å². The molecular weight excluding hydrogens is 227 g/mol. The Labute approximate surface area is 115 Å². The van der Waals surface area contributed by atoms with Gasteiger partial charge in [-0.05, 0) is 23.8 Å². The van der Waals surface area contributed by atoms with Crippen LogP contribution in [0.15, 0.2) is 91.0 Å². The van der Waals surface area contributed by atoms with E-state index in [0.29, 0.717) is 0 Å². The predicted octanol–water partition coefficient (Wildman–Crippen LogP) is 3.44. The summed E-state index contributed by atoms with van der Waals surface area (Å²) in [6.07, 6.45) is 0. The minimum Gasteiger partial charge on any atom is -0.0622 e. The molecule has 0 spiro atoms. The zero-order valence-corrected chi connectivity index (χ0v) is 11.5. The average molecular weight is 242 g/mol. The van der Waals surface area contributed by atoms with Crippen LogP contribution in [-0.4, -0.2) is 0 Å². The molecule has 92 valence electrons. The summed E-state index contributed by atoms with van der Waals surface area (Å²) in [4.78, 5) is 0. The molecule has 0 atom stereocenters. The van der Waals surface area contributed by atoms with E-state index >= 15 is 0 Å². The van der Waals surface area contributed by atoms with Crippen LogP contribution in [0.1, 0.15) is 0 Å². The maximum absolute atomic E-state index is 2.23. The second-order valence-corrected chi connectivity index (χ2v) is 6.56. The first-order valence-corrected chi connectivity index (χ1v) is 7.74. The average Bonchev–Trinajstić information content (AvgIpc) is 2.51. The largest absolute Gasteiger partial charge is 0.0622 e. The fraction of sp³-hybridized carbons (Fsp3) is 0. The van der Waals surface area contributed by atoms with E-state index in [9.17, 15) is 0 Å². The lowest BCUT2D eigenvalue weighted by molar-refractivity contribution is 1.74. The quantitative estimate of drug-likeness (QED) is 0.617. The first-order valence-electron chi connectivity index (χ1n) is 6.40. The molecule has 0 aliphatic carbocycles. The summed E-state index contributed by atoms with van der Waals surface area (Å²) >= 11 is 0. The molecule has 0 heterocycles. The molecule has 1 heteroatoms. The topological polar surface area (TPSA) is 0 Å². The first kappa shape index (κ1) is 12.1. The zero-order chi connectivity index (χ0) is 12.9. The molecule has 0 saturated carbocycles. The molecule has 0 radical (unpaired) electrons. The molecule has 0 unspecified atom stereocenters. The van der Waals surface area contributed by atoms with Gasteiger partial charge in [-0.3, -0.25) is 0 Å². The Hall–Kier alpha value is -1.91. The van der Waals surface area contributed by atoms with Gasteiger partial charge in [0, 0.05) is 0 Å².